The SMILES string of the molecule is C=CCCCN(C)C(=NCCS(=O)(=O)N(CC)CC)NCC. The van der Waals surface area contributed by atoms with Crippen molar-refractivity contribution < 1.29 is 8.42 Å². The van der Waals surface area contributed by atoms with Gasteiger partial charge in [-0.1, -0.05) is 19.9 Å². The molecule has 0 saturated heterocycles. The Balaban J connectivity index is 4.63. The molecule has 0 radical (unpaired) electrons. The zero-order chi connectivity index (χ0) is 17.0. The molecule has 0 heterocycles. The van der Waals surface area contributed by atoms with Gasteiger partial charge in [-0.15, -0.1) is 6.58 Å². The Morgan fingerprint density at radius 1 is 1.27 bits per heavy atom. The minimum atomic E-state index is -3.21. The summed E-state index contributed by atoms with van der Waals surface area (Å²) in [6.45, 7) is 12.3. The molecule has 0 fully saturated rings. The average molecular weight is 333 g/mol. The smallest absolute Gasteiger partial charge is 0.215 e. The van der Waals surface area contributed by atoms with E-state index in [1.54, 1.807) is 0 Å². The minimum absolute atomic E-state index is 0.0457. The number of aliphatic imine (C=N–C) groups is 1. The molecule has 22 heavy (non-hydrogen) atoms. The van der Waals surface area contributed by atoms with Crippen molar-refractivity contribution in [2.75, 3.05) is 45.5 Å². The molecule has 0 aromatic carbocycles. The summed E-state index contributed by atoms with van der Waals surface area (Å²) >= 11 is 0. The number of hydrogen-bond donors (Lipinski definition) is 1. The summed E-state index contributed by atoms with van der Waals surface area (Å²) in [6, 6.07) is 0. The van der Waals surface area contributed by atoms with E-state index in [1.165, 1.54) is 4.31 Å². The summed E-state index contributed by atoms with van der Waals surface area (Å²) in [5.41, 5.74) is 0. The fraction of sp³-hybridized carbons (Fsp3) is 0.800. The molecule has 0 saturated carbocycles. The molecule has 0 aliphatic rings. The van der Waals surface area contributed by atoms with Crippen LogP contribution in [0.1, 0.15) is 33.6 Å². The molecule has 6 nitrogen and oxygen atoms in total. The molecule has 0 spiro atoms. The van der Waals surface area contributed by atoms with E-state index in [1.807, 2.05) is 38.8 Å². The molecule has 0 bridgehead atoms. The standard InChI is InChI=1S/C15H32N4O2S/c1-6-10-11-13-18(5)15(16-7-2)17-12-14-22(20,21)19(8-3)9-4/h6H,1,7-14H2,2-5H3,(H,16,17). The van der Waals surface area contributed by atoms with Crippen molar-refractivity contribution in [3.63, 3.8) is 0 Å². The van der Waals surface area contributed by atoms with E-state index in [0.29, 0.717) is 13.1 Å². The van der Waals surface area contributed by atoms with Gasteiger partial charge < -0.3 is 10.2 Å². The molecule has 0 rings (SSSR count). The minimum Gasteiger partial charge on any atom is -0.357 e. The van der Waals surface area contributed by atoms with E-state index in [0.717, 1.165) is 31.9 Å². The first kappa shape index (κ1) is 20.9. The van der Waals surface area contributed by atoms with E-state index in [4.69, 9.17) is 0 Å². The van der Waals surface area contributed by atoms with E-state index in [9.17, 15) is 8.42 Å². The quantitative estimate of drug-likeness (QED) is 0.270. The first-order chi connectivity index (χ1) is 10.4. The lowest BCUT2D eigenvalue weighted by molar-refractivity contribution is 0.445. The Bertz CT molecular complexity index is 431. The molecule has 0 unspecified atom stereocenters. The lowest BCUT2D eigenvalue weighted by atomic mass is 10.3. The number of unbranched alkanes of at least 4 members (excludes halogenated alkanes) is 1. The third-order valence-corrected chi connectivity index (χ3v) is 5.31. The number of sulfonamides is 1. The maximum atomic E-state index is 12.1. The van der Waals surface area contributed by atoms with Gasteiger partial charge in [-0.05, 0) is 19.8 Å². The van der Waals surface area contributed by atoms with Gasteiger partial charge >= 0.3 is 0 Å². The molecule has 0 aromatic rings. The molecule has 0 aliphatic carbocycles. The van der Waals surface area contributed by atoms with Crippen molar-refractivity contribution >= 4 is 16.0 Å². The van der Waals surface area contributed by atoms with Crippen molar-refractivity contribution in [1.29, 1.82) is 0 Å². The fourth-order valence-corrected chi connectivity index (χ4v) is 3.43. The van der Waals surface area contributed by atoms with Crippen LogP contribution in [0.25, 0.3) is 0 Å². The maximum absolute atomic E-state index is 12.1. The molecule has 0 atom stereocenters. The van der Waals surface area contributed by atoms with E-state index >= 15 is 0 Å². The summed E-state index contributed by atoms with van der Waals surface area (Å²) in [5.74, 6) is 0.797. The molecule has 1 N–H and O–H groups in total. The van der Waals surface area contributed by atoms with Crippen LogP contribution in [0.2, 0.25) is 0 Å². The molecule has 0 aliphatic heterocycles. The van der Waals surface area contributed by atoms with E-state index in [-0.39, 0.29) is 12.3 Å². The highest BCUT2D eigenvalue weighted by Gasteiger charge is 2.18. The van der Waals surface area contributed by atoms with E-state index < -0.39 is 10.0 Å². The number of nitrogens with zero attached hydrogens (tertiary/aromatic N) is 3. The summed E-state index contributed by atoms with van der Waals surface area (Å²) < 4.78 is 25.7. The third-order valence-electron chi connectivity index (χ3n) is 3.31. The molecule has 130 valence electrons. The zero-order valence-corrected chi connectivity index (χ0v) is 15.3. The first-order valence-corrected chi connectivity index (χ1v) is 9.61. The van der Waals surface area contributed by atoms with Crippen LogP contribution in [-0.4, -0.2) is 69.1 Å². The normalized spacial score (nSPS) is 12.5. The number of guanidine groups is 1. The number of rotatable bonds is 11. The van der Waals surface area contributed by atoms with Crippen molar-refractivity contribution in [2.24, 2.45) is 4.99 Å². The molecule has 7 heteroatoms. The van der Waals surface area contributed by atoms with Gasteiger partial charge in [0, 0.05) is 33.2 Å². The highest BCUT2D eigenvalue weighted by atomic mass is 32.2. The monoisotopic (exact) mass is 332 g/mol. The van der Waals surface area contributed by atoms with Gasteiger partial charge in [-0.3, -0.25) is 4.99 Å². The van der Waals surface area contributed by atoms with Crippen molar-refractivity contribution in [2.45, 2.75) is 33.6 Å². The Morgan fingerprint density at radius 3 is 2.41 bits per heavy atom. The van der Waals surface area contributed by atoms with Gasteiger partial charge in [0.2, 0.25) is 10.0 Å². The average Bonchev–Trinajstić information content (AvgIpc) is 2.47. The molecular weight excluding hydrogens is 300 g/mol. The second-order valence-electron chi connectivity index (χ2n) is 4.99. The number of nitrogens with one attached hydrogen (secondary N) is 1. The van der Waals surface area contributed by atoms with Gasteiger partial charge in [-0.2, -0.15) is 0 Å². The predicted octanol–water partition coefficient (Wildman–Crippen LogP) is 1.52. The van der Waals surface area contributed by atoms with Crippen LogP contribution in [0.5, 0.6) is 0 Å². The summed E-state index contributed by atoms with van der Waals surface area (Å²) in [5, 5.41) is 3.19. The second-order valence-corrected chi connectivity index (χ2v) is 7.08. The van der Waals surface area contributed by atoms with Crippen molar-refractivity contribution in [1.82, 2.24) is 14.5 Å². The lowest BCUT2D eigenvalue weighted by Gasteiger charge is -2.22. The lowest BCUT2D eigenvalue weighted by Crippen LogP contribution is -2.40. The first-order valence-electron chi connectivity index (χ1n) is 8.01. The van der Waals surface area contributed by atoms with Gasteiger partial charge in [0.15, 0.2) is 5.96 Å². The summed E-state index contributed by atoms with van der Waals surface area (Å²) in [7, 11) is -1.25. The summed E-state index contributed by atoms with van der Waals surface area (Å²) in [6.07, 6.45) is 3.86. The van der Waals surface area contributed by atoms with Crippen LogP contribution in [0.15, 0.2) is 17.6 Å². The van der Waals surface area contributed by atoms with Crippen LogP contribution in [0, 0.1) is 0 Å². The van der Waals surface area contributed by atoms with Crippen LogP contribution >= 0.6 is 0 Å². The van der Waals surface area contributed by atoms with E-state index in [2.05, 4.69) is 16.9 Å². The topological polar surface area (TPSA) is 65.0 Å². The fourth-order valence-electron chi connectivity index (χ4n) is 2.06. The zero-order valence-electron chi connectivity index (χ0n) is 14.5. The van der Waals surface area contributed by atoms with Crippen molar-refractivity contribution in [3.8, 4) is 0 Å². The molecular formula is C15H32N4O2S. The number of allylic oxidation sites excluding steroid dienone is 1. The van der Waals surface area contributed by atoms with Crippen LogP contribution in [0.3, 0.4) is 0 Å². The van der Waals surface area contributed by atoms with Gasteiger partial charge in [0.25, 0.3) is 0 Å². The highest BCUT2D eigenvalue weighted by molar-refractivity contribution is 7.89. The number of hydrogen-bond acceptors (Lipinski definition) is 3. The second kappa shape index (κ2) is 11.5. The third kappa shape index (κ3) is 7.79. The van der Waals surface area contributed by atoms with Crippen LogP contribution in [-0.2, 0) is 10.0 Å². The predicted molar refractivity (Wildman–Crippen MR) is 94.7 cm³/mol. The molecule has 0 aromatic heterocycles. The Morgan fingerprint density at radius 2 is 1.91 bits per heavy atom. The summed E-state index contributed by atoms with van der Waals surface area (Å²) in [4.78, 5) is 6.45. The van der Waals surface area contributed by atoms with Gasteiger partial charge in [0.05, 0.1) is 12.3 Å². The highest BCUT2D eigenvalue weighted by Crippen LogP contribution is 2.01. The maximum Gasteiger partial charge on any atom is 0.215 e. The Kier molecular flexibility index (Phi) is 10.9. The van der Waals surface area contributed by atoms with Crippen LogP contribution in [0.4, 0.5) is 0 Å². The van der Waals surface area contributed by atoms with Gasteiger partial charge in [0.1, 0.15) is 0 Å². The Hall–Kier alpha value is -1.08. The van der Waals surface area contributed by atoms with Crippen molar-refractivity contribution in [3.05, 3.63) is 12.7 Å². The largest absolute Gasteiger partial charge is 0.357 e. The van der Waals surface area contributed by atoms with Gasteiger partial charge in [-0.25, -0.2) is 12.7 Å². The van der Waals surface area contributed by atoms with Crippen LogP contribution < -0.4 is 5.32 Å². The molecule has 0 amide bonds. The Labute approximate surface area is 136 Å².